The summed E-state index contributed by atoms with van der Waals surface area (Å²) in [6.07, 6.45) is -7.67. The summed E-state index contributed by atoms with van der Waals surface area (Å²) in [4.78, 5) is 10.5. The van der Waals surface area contributed by atoms with Gasteiger partial charge in [0.05, 0.1) is 5.56 Å². The van der Waals surface area contributed by atoms with Crippen LogP contribution in [0, 0.1) is 0 Å². The van der Waals surface area contributed by atoms with Crippen LogP contribution in [0.5, 0.6) is 0 Å². The van der Waals surface area contributed by atoms with Gasteiger partial charge in [-0.2, -0.15) is 65.9 Å². The maximum absolute atomic E-state index is 13.8. The first-order valence-electron chi connectivity index (χ1n) is 7.08. The van der Waals surface area contributed by atoms with Crippen molar-refractivity contribution in [2.45, 2.75) is 41.7 Å². The van der Waals surface area contributed by atoms with E-state index in [1.807, 2.05) is 0 Å². The van der Waals surface area contributed by atoms with Crippen LogP contribution in [-0.4, -0.2) is 46.9 Å². The van der Waals surface area contributed by atoms with Gasteiger partial charge in [0.25, 0.3) is 0 Å². The lowest BCUT2D eigenvalue weighted by molar-refractivity contribution is -0.453. The van der Waals surface area contributed by atoms with Gasteiger partial charge in [0.2, 0.25) is 0 Å². The molecule has 1 rings (SSSR count). The van der Waals surface area contributed by atoms with E-state index in [2.05, 4.69) is 0 Å². The lowest BCUT2D eigenvalue weighted by Gasteiger charge is -2.41. The number of carboxylic acid groups (broad SMARTS) is 1. The molecule has 2 nitrogen and oxygen atoms in total. The molecule has 0 aromatic heterocycles. The topological polar surface area (TPSA) is 37.3 Å². The molecule has 0 aliphatic rings. The number of carboxylic acids is 1. The molecule has 17 heteroatoms. The molecule has 0 fully saturated rings. The van der Waals surface area contributed by atoms with Crippen molar-refractivity contribution in [3.8, 4) is 0 Å². The molecule has 0 radical (unpaired) electrons. The number of alkyl halides is 15. The van der Waals surface area contributed by atoms with Crippen LogP contribution in [0.15, 0.2) is 24.3 Å². The summed E-state index contributed by atoms with van der Waals surface area (Å²) in [6.45, 7) is 0. The second-order valence-corrected chi connectivity index (χ2v) is 5.83. The predicted molar refractivity (Wildman–Crippen MR) is 68.1 cm³/mol. The number of halogens is 15. The molecule has 0 bridgehead atoms. The van der Waals surface area contributed by atoms with Crippen LogP contribution in [0.25, 0.3) is 0 Å². The predicted octanol–water partition coefficient (Wildman–Crippen LogP) is 6.22. The van der Waals surface area contributed by atoms with Gasteiger partial charge in [0.1, 0.15) is 0 Å². The highest BCUT2D eigenvalue weighted by molar-refractivity contribution is 5.87. The number of rotatable bonds is 7. The first kappa shape index (κ1) is 26.7. The van der Waals surface area contributed by atoms with Crippen LogP contribution in [0.4, 0.5) is 65.9 Å². The molecule has 0 amide bonds. The van der Waals surface area contributed by atoms with Crippen molar-refractivity contribution in [1.82, 2.24) is 0 Å². The Morgan fingerprint density at radius 2 is 0.871 bits per heavy atom. The van der Waals surface area contributed by atoms with Crippen LogP contribution in [0.3, 0.4) is 0 Å². The number of hydrogen-bond acceptors (Lipinski definition) is 1. The largest absolute Gasteiger partial charge is 0.478 e. The normalized spacial score (nSPS) is 15.2. The van der Waals surface area contributed by atoms with Gasteiger partial charge in [-0.25, -0.2) is 4.79 Å². The summed E-state index contributed by atoms with van der Waals surface area (Å²) in [5, 5.41) is 8.50. The van der Waals surface area contributed by atoms with E-state index in [0.717, 1.165) is 0 Å². The molecule has 1 aromatic carbocycles. The first-order valence-corrected chi connectivity index (χ1v) is 7.08. The van der Waals surface area contributed by atoms with Crippen molar-refractivity contribution in [3.05, 3.63) is 35.4 Å². The minimum Gasteiger partial charge on any atom is -0.478 e. The zero-order valence-electron chi connectivity index (χ0n) is 13.8. The Labute approximate surface area is 160 Å². The third kappa shape index (κ3) is 3.54. The second kappa shape index (κ2) is 7.08. The quantitative estimate of drug-likeness (QED) is 0.462. The van der Waals surface area contributed by atoms with Crippen LogP contribution in [0.2, 0.25) is 0 Å². The Morgan fingerprint density at radius 3 is 1.19 bits per heavy atom. The minimum absolute atomic E-state index is 0.0738. The zero-order chi connectivity index (χ0) is 25.1. The fourth-order valence-electron chi connectivity index (χ4n) is 1.97. The molecule has 0 saturated carbocycles. The Hall–Kier alpha value is -2.36. The van der Waals surface area contributed by atoms with Gasteiger partial charge in [-0.15, -0.1) is 0 Å². The highest BCUT2D eigenvalue weighted by Gasteiger charge is 2.93. The lowest BCUT2D eigenvalue weighted by atomic mass is 9.88. The van der Waals surface area contributed by atoms with Crippen LogP contribution in [-0.2, 0) is 5.92 Å². The van der Waals surface area contributed by atoms with E-state index in [9.17, 15) is 70.7 Å². The van der Waals surface area contributed by atoms with E-state index in [1.54, 1.807) is 0 Å². The Morgan fingerprint density at radius 1 is 0.548 bits per heavy atom. The molecule has 178 valence electrons. The standard InChI is InChI=1S/C14H5F15O2/c15-8(16,6-3-1-5(2-4-6)7(30)31)9(17,18)10(19,20)11(21,22)12(23,24)13(25,26)14(27,28)29/h1-4H,(H,30,31). The molecule has 0 aliphatic carbocycles. The summed E-state index contributed by atoms with van der Waals surface area (Å²) in [5.41, 5.74) is -3.29. The summed E-state index contributed by atoms with van der Waals surface area (Å²) in [7, 11) is 0. The van der Waals surface area contributed by atoms with Crippen molar-refractivity contribution in [2.75, 3.05) is 0 Å². The average Bonchev–Trinajstić information content (AvgIpc) is 2.59. The Bertz CT molecular complexity index is 823. The molecule has 0 spiro atoms. The van der Waals surface area contributed by atoms with Gasteiger partial charge < -0.3 is 5.11 Å². The van der Waals surface area contributed by atoms with Crippen LogP contribution >= 0.6 is 0 Å². The minimum atomic E-state index is -8.37. The highest BCUT2D eigenvalue weighted by atomic mass is 19.4. The zero-order valence-corrected chi connectivity index (χ0v) is 13.8. The molecule has 31 heavy (non-hydrogen) atoms. The summed E-state index contributed by atoms with van der Waals surface area (Å²) in [6, 6.07) is -0.503. The van der Waals surface area contributed by atoms with Gasteiger partial charge >= 0.3 is 47.7 Å². The SMILES string of the molecule is O=C(O)c1ccc(C(F)(F)C(F)(F)C(F)(F)C(F)(F)C(F)(F)C(F)(F)C(F)(F)F)cc1. The Balaban J connectivity index is 3.62. The molecule has 0 saturated heterocycles. The maximum atomic E-state index is 13.8. The Kier molecular flexibility index (Phi) is 6.09. The molecule has 0 unspecified atom stereocenters. The summed E-state index contributed by atoms with van der Waals surface area (Å²) < 4.78 is 196. The van der Waals surface area contributed by atoms with Crippen molar-refractivity contribution in [3.63, 3.8) is 0 Å². The molecule has 0 atom stereocenters. The smallest absolute Gasteiger partial charge is 0.460 e. The molecular formula is C14H5F15O2. The molecule has 0 aliphatic heterocycles. The lowest BCUT2D eigenvalue weighted by Crippen LogP contribution is -2.72. The van der Waals surface area contributed by atoms with Gasteiger partial charge in [-0.05, 0) is 12.1 Å². The number of carbonyl (C=O) groups is 1. The van der Waals surface area contributed by atoms with Crippen molar-refractivity contribution < 1.29 is 75.8 Å². The van der Waals surface area contributed by atoms with Crippen molar-refractivity contribution in [2.24, 2.45) is 0 Å². The third-order valence-corrected chi connectivity index (χ3v) is 3.82. The van der Waals surface area contributed by atoms with E-state index >= 15 is 0 Å². The summed E-state index contributed by atoms with van der Waals surface area (Å²) >= 11 is 0. The number of hydrogen-bond donors (Lipinski definition) is 1. The maximum Gasteiger partial charge on any atom is 0.460 e. The van der Waals surface area contributed by atoms with E-state index in [0.29, 0.717) is 0 Å². The van der Waals surface area contributed by atoms with Gasteiger partial charge in [0, 0.05) is 5.56 Å². The molecule has 1 N–H and O–H groups in total. The number of aromatic carboxylic acids is 1. The average molecular weight is 490 g/mol. The van der Waals surface area contributed by atoms with E-state index in [4.69, 9.17) is 5.11 Å². The van der Waals surface area contributed by atoms with E-state index < -0.39 is 58.8 Å². The molecular weight excluding hydrogens is 485 g/mol. The van der Waals surface area contributed by atoms with Crippen molar-refractivity contribution in [1.29, 1.82) is 0 Å². The number of benzene rings is 1. The van der Waals surface area contributed by atoms with Crippen LogP contribution in [0.1, 0.15) is 15.9 Å². The molecule has 0 heterocycles. The third-order valence-electron chi connectivity index (χ3n) is 3.82. The summed E-state index contributed by atoms with van der Waals surface area (Å²) in [5.74, 6) is -49.0. The van der Waals surface area contributed by atoms with Gasteiger partial charge in [-0.1, -0.05) is 12.1 Å². The monoisotopic (exact) mass is 490 g/mol. The fraction of sp³-hybridized carbons (Fsp3) is 0.500. The van der Waals surface area contributed by atoms with E-state index in [1.165, 1.54) is 0 Å². The van der Waals surface area contributed by atoms with E-state index in [-0.39, 0.29) is 24.3 Å². The highest BCUT2D eigenvalue weighted by Crippen LogP contribution is 2.63. The first-order chi connectivity index (χ1) is 13.4. The van der Waals surface area contributed by atoms with Crippen molar-refractivity contribution >= 4 is 5.97 Å². The molecule has 1 aromatic rings. The van der Waals surface area contributed by atoms with Gasteiger partial charge in [-0.3, -0.25) is 0 Å². The fourth-order valence-corrected chi connectivity index (χ4v) is 1.97. The van der Waals surface area contributed by atoms with Gasteiger partial charge in [0.15, 0.2) is 0 Å². The second-order valence-electron chi connectivity index (χ2n) is 5.83. The van der Waals surface area contributed by atoms with Crippen LogP contribution < -0.4 is 0 Å².